The highest BCUT2D eigenvalue weighted by atomic mass is 32.2. The van der Waals surface area contributed by atoms with Gasteiger partial charge in [-0.05, 0) is 42.3 Å². The second kappa shape index (κ2) is 9.36. The second-order valence-electron chi connectivity index (χ2n) is 6.01. The molecule has 0 aliphatic carbocycles. The third-order valence-electron chi connectivity index (χ3n) is 3.86. The summed E-state index contributed by atoms with van der Waals surface area (Å²) in [6, 6.07) is 14.2. The Morgan fingerprint density at radius 3 is 2.75 bits per heavy atom. The molecule has 3 aromatic rings. The number of ether oxygens (including phenoxy) is 1. The largest absolute Gasteiger partial charge is 0.435 e. The molecular weight excluding hydrogens is 384 g/mol. The Morgan fingerprint density at radius 2 is 2.04 bits per heavy atom. The Bertz CT molecular complexity index is 929. The van der Waals surface area contributed by atoms with Crippen molar-refractivity contribution in [3.63, 3.8) is 0 Å². The highest BCUT2D eigenvalue weighted by Gasteiger charge is 2.10. The molecule has 0 fully saturated rings. The van der Waals surface area contributed by atoms with Gasteiger partial charge in [0.15, 0.2) is 5.16 Å². The van der Waals surface area contributed by atoms with Crippen molar-refractivity contribution in [3.8, 4) is 11.4 Å². The van der Waals surface area contributed by atoms with E-state index in [0.717, 1.165) is 22.0 Å². The number of carbonyl (C=O) groups excluding carboxylic acids is 1. The summed E-state index contributed by atoms with van der Waals surface area (Å²) in [7, 11) is 0. The Labute approximate surface area is 165 Å². The second-order valence-corrected chi connectivity index (χ2v) is 6.95. The van der Waals surface area contributed by atoms with Crippen LogP contribution in [0.4, 0.5) is 8.78 Å². The molecule has 0 radical (unpaired) electrons. The number of amides is 1. The van der Waals surface area contributed by atoms with Crippen molar-refractivity contribution in [2.45, 2.75) is 25.2 Å². The lowest BCUT2D eigenvalue weighted by molar-refractivity contribution is -0.118. The van der Waals surface area contributed by atoms with Crippen LogP contribution in [0.2, 0.25) is 0 Å². The lowest BCUT2D eigenvalue weighted by atomic mass is 10.2. The standard InChI is InChI=1S/C20H19F2N3O2S/c1-14-3-2-4-16(11-14)25-10-9-23-20(25)28-13-18(26)24-12-15-5-7-17(8-6-15)27-19(21)22/h2-11,19H,12-13H2,1H3,(H,24,26). The van der Waals surface area contributed by atoms with Gasteiger partial charge in [-0.15, -0.1) is 0 Å². The number of alkyl halides is 2. The van der Waals surface area contributed by atoms with Crippen LogP contribution in [0.3, 0.4) is 0 Å². The fourth-order valence-corrected chi connectivity index (χ4v) is 3.34. The number of nitrogens with zero attached hydrogens (tertiary/aromatic N) is 2. The number of thioether (sulfide) groups is 1. The molecule has 0 saturated carbocycles. The summed E-state index contributed by atoms with van der Waals surface area (Å²) in [6.45, 7) is -0.525. The van der Waals surface area contributed by atoms with E-state index in [1.807, 2.05) is 42.0 Å². The first kappa shape index (κ1) is 19.9. The molecule has 0 saturated heterocycles. The SMILES string of the molecule is Cc1cccc(-n2ccnc2SCC(=O)NCc2ccc(OC(F)F)cc2)c1. The highest BCUT2D eigenvalue weighted by Crippen LogP contribution is 2.21. The van der Waals surface area contributed by atoms with Crippen LogP contribution in [0.15, 0.2) is 66.1 Å². The van der Waals surface area contributed by atoms with Crippen molar-refractivity contribution in [1.82, 2.24) is 14.9 Å². The number of hydrogen-bond donors (Lipinski definition) is 1. The molecule has 3 rings (SSSR count). The minimum atomic E-state index is -2.85. The number of halogens is 2. The Kier molecular flexibility index (Phi) is 6.65. The molecule has 0 bridgehead atoms. The van der Waals surface area contributed by atoms with Gasteiger partial charge in [0.1, 0.15) is 5.75 Å². The maximum absolute atomic E-state index is 12.1. The number of nitrogens with one attached hydrogen (secondary N) is 1. The molecule has 1 aromatic heterocycles. The molecule has 0 unspecified atom stereocenters. The van der Waals surface area contributed by atoms with Crippen LogP contribution in [-0.2, 0) is 11.3 Å². The van der Waals surface area contributed by atoms with E-state index < -0.39 is 6.61 Å². The van der Waals surface area contributed by atoms with Gasteiger partial charge >= 0.3 is 6.61 Å². The lowest BCUT2D eigenvalue weighted by Crippen LogP contribution is -2.24. The molecule has 5 nitrogen and oxygen atoms in total. The number of rotatable bonds is 8. The summed E-state index contributed by atoms with van der Waals surface area (Å²) >= 11 is 1.34. The van der Waals surface area contributed by atoms with Crippen molar-refractivity contribution in [2.24, 2.45) is 0 Å². The Balaban J connectivity index is 1.51. The first-order valence-corrected chi connectivity index (χ1v) is 9.53. The van der Waals surface area contributed by atoms with E-state index in [1.165, 1.54) is 23.9 Å². The fraction of sp³-hybridized carbons (Fsp3) is 0.200. The fourth-order valence-electron chi connectivity index (χ4n) is 2.54. The van der Waals surface area contributed by atoms with Crippen LogP contribution in [0.1, 0.15) is 11.1 Å². The minimum absolute atomic E-state index is 0.0867. The van der Waals surface area contributed by atoms with Gasteiger partial charge in [-0.25, -0.2) is 4.98 Å². The summed E-state index contributed by atoms with van der Waals surface area (Å²) in [5, 5.41) is 3.53. The van der Waals surface area contributed by atoms with E-state index in [2.05, 4.69) is 15.0 Å². The van der Waals surface area contributed by atoms with Crippen LogP contribution in [0.5, 0.6) is 5.75 Å². The molecule has 8 heteroatoms. The quantitative estimate of drug-likeness (QED) is 0.573. The summed E-state index contributed by atoms with van der Waals surface area (Å²) < 4.78 is 30.5. The molecule has 0 aliphatic rings. The van der Waals surface area contributed by atoms with E-state index in [-0.39, 0.29) is 17.4 Å². The Morgan fingerprint density at radius 1 is 1.25 bits per heavy atom. The zero-order valence-corrected chi connectivity index (χ0v) is 16.0. The molecule has 146 valence electrons. The van der Waals surface area contributed by atoms with Gasteiger partial charge in [-0.3, -0.25) is 9.36 Å². The normalized spacial score (nSPS) is 10.9. The number of benzene rings is 2. The molecule has 2 aromatic carbocycles. The summed E-state index contributed by atoms with van der Waals surface area (Å²) in [5.74, 6) is 0.162. The van der Waals surface area contributed by atoms with E-state index >= 15 is 0 Å². The zero-order valence-electron chi connectivity index (χ0n) is 15.1. The average molecular weight is 403 g/mol. The summed E-state index contributed by atoms with van der Waals surface area (Å²) in [4.78, 5) is 16.4. The van der Waals surface area contributed by atoms with Crippen LogP contribution >= 0.6 is 11.8 Å². The van der Waals surface area contributed by atoms with E-state index in [9.17, 15) is 13.6 Å². The lowest BCUT2D eigenvalue weighted by Gasteiger charge is -2.09. The highest BCUT2D eigenvalue weighted by molar-refractivity contribution is 7.99. The van der Waals surface area contributed by atoms with Gasteiger partial charge in [0, 0.05) is 24.6 Å². The minimum Gasteiger partial charge on any atom is -0.435 e. The van der Waals surface area contributed by atoms with Crippen LogP contribution in [0, 0.1) is 6.92 Å². The summed E-state index contributed by atoms with van der Waals surface area (Å²) in [5.41, 5.74) is 2.93. The molecular formula is C20H19F2N3O2S. The topological polar surface area (TPSA) is 56.2 Å². The molecule has 1 N–H and O–H groups in total. The third kappa shape index (κ3) is 5.56. The summed E-state index contributed by atoms with van der Waals surface area (Å²) in [6.07, 6.45) is 3.56. The van der Waals surface area contributed by atoms with Crippen LogP contribution in [0.25, 0.3) is 5.69 Å². The van der Waals surface area contributed by atoms with Gasteiger partial charge in [0.05, 0.1) is 5.75 Å². The maximum Gasteiger partial charge on any atom is 0.387 e. The van der Waals surface area contributed by atoms with Gasteiger partial charge in [0.25, 0.3) is 0 Å². The zero-order chi connectivity index (χ0) is 19.9. The average Bonchev–Trinajstić information content (AvgIpc) is 3.14. The number of imidazole rings is 1. The predicted octanol–water partition coefficient (Wildman–Crippen LogP) is 4.19. The van der Waals surface area contributed by atoms with Crippen molar-refractivity contribution >= 4 is 17.7 Å². The molecule has 0 aliphatic heterocycles. The molecule has 1 heterocycles. The number of carbonyl (C=O) groups is 1. The Hall–Kier alpha value is -2.87. The molecule has 1 amide bonds. The van der Waals surface area contributed by atoms with Crippen molar-refractivity contribution in [3.05, 3.63) is 72.1 Å². The van der Waals surface area contributed by atoms with Gasteiger partial charge in [0.2, 0.25) is 5.91 Å². The first-order valence-electron chi connectivity index (χ1n) is 8.55. The van der Waals surface area contributed by atoms with E-state index in [0.29, 0.717) is 6.54 Å². The van der Waals surface area contributed by atoms with Gasteiger partial charge in [-0.1, -0.05) is 36.0 Å². The number of aryl methyl sites for hydroxylation is 1. The monoisotopic (exact) mass is 403 g/mol. The number of aromatic nitrogens is 2. The number of hydrogen-bond acceptors (Lipinski definition) is 4. The molecule has 0 spiro atoms. The van der Waals surface area contributed by atoms with Crippen molar-refractivity contribution < 1.29 is 18.3 Å². The van der Waals surface area contributed by atoms with Crippen LogP contribution < -0.4 is 10.1 Å². The van der Waals surface area contributed by atoms with Crippen LogP contribution in [-0.4, -0.2) is 27.8 Å². The maximum atomic E-state index is 12.1. The smallest absolute Gasteiger partial charge is 0.387 e. The van der Waals surface area contributed by atoms with Crippen molar-refractivity contribution in [2.75, 3.05) is 5.75 Å². The predicted molar refractivity (Wildman–Crippen MR) is 104 cm³/mol. The molecule has 28 heavy (non-hydrogen) atoms. The van der Waals surface area contributed by atoms with Gasteiger partial charge < -0.3 is 10.1 Å². The van der Waals surface area contributed by atoms with Gasteiger partial charge in [-0.2, -0.15) is 8.78 Å². The third-order valence-corrected chi connectivity index (χ3v) is 4.82. The first-order chi connectivity index (χ1) is 13.5. The molecule has 0 atom stereocenters. The van der Waals surface area contributed by atoms with E-state index in [1.54, 1.807) is 18.3 Å². The van der Waals surface area contributed by atoms with Crippen molar-refractivity contribution in [1.29, 1.82) is 0 Å². The van der Waals surface area contributed by atoms with E-state index in [4.69, 9.17) is 0 Å².